The normalized spacial score (nSPS) is 12.4. The first-order chi connectivity index (χ1) is 4.49. The largest absolute Gasteiger partial charge is 0.225 e. The molecule has 0 rings (SSSR count). The predicted octanol–water partition coefficient (Wildman–Crippen LogP) is 1.04. The van der Waals surface area contributed by atoms with Crippen LogP contribution in [0.5, 0.6) is 0 Å². The van der Waals surface area contributed by atoms with E-state index in [1.54, 1.807) is 0 Å². The van der Waals surface area contributed by atoms with Crippen LogP contribution in [-0.4, -0.2) is 14.2 Å². The lowest BCUT2D eigenvalue weighted by Crippen LogP contribution is -2.15. The minimum atomic E-state index is -3.50. The third kappa shape index (κ3) is 4.76. The second-order valence-electron chi connectivity index (χ2n) is 2.46. The van der Waals surface area contributed by atoms with Gasteiger partial charge in [-0.15, -0.1) is 5.14 Å². The Morgan fingerprint density at radius 1 is 1.30 bits per heavy atom. The lowest BCUT2D eigenvalue weighted by Gasteiger charge is -2.08. The van der Waals surface area contributed by atoms with Gasteiger partial charge in [0, 0.05) is 0 Å². The van der Waals surface area contributed by atoms with Crippen LogP contribution in [0.2, 0.25) is 0 Å². The zero-order valence-corrected chi connectivity index (χ0v) is 7.24. The summed E-state index contributed by atoms with van der Waals surface area (Å²) in [6.45, 7) is 3.89. The van der Waals surface area contributed by atoms with Crippen molar-refractivity contribution in [1.82, 2.24) is 5.14 Å². The van der Waals surface area contributed by atoms with E-state index in [1.165, 1.54) is 0 Å². The van der Waals surface area contributed by atoms with Crippen molar-refractivity contribution in [2.24, 2.45) is 5.92 Å². The molecule has 0 bridgehead atoms. The van der Waals surface area contributed by atoms with E-state index < -0.39 is 10.0 Å². The van der Waals surface area contributed by atoms with E-state index in [1.807, 2.05) is 13.8 Å². The Kier molecular flexibility index (Phi) is 3.89. The van der Waals surface area contributed by atoms with Gasteiger partial charge < -0.3 is 0 Å². The highest BCUT2D eigenvalue weighted by Gasteiger charge is 2.11. The van der Waals surface area contributed by atoms with E-state index in [2.05, 4.69) is 0 Å². The van der Waals surface area contributed by atoms with Crippen LogP contribution in [0.3, 0.4) is 0 Å². The van der Waals surface area contributed by atoms with Crippen LogP contribution < -0.4 is 5.14 Å². The molecule has 0 fully saturated rings. The maximum atomic E-state index is 10.4. The van der Waals surface area contributed by atoms with Gasteiger partial charge in [-0.3, -0.25) is 0 Å². The molecule has 61 valence electrons. The van der Waals surface area contributed by atoms with Gasteiger partial charge in [-0.05, 0) is 5.92 Å². The molecule has 0 aromatic rings. The van der Waals surface area contributed by atoms with Gasteiger partial charge in [0.15, 0.2) is 0 Å². The molecule has 0 saturated carbocycles. The van der Waals surface area contributed by atoms with Crippen molar-refractivity contribution < 1.29 is 8.42 Å². The van der Waals surface area contributed by atoms with Gasteiger partial charge >= 0.3 is 0 Å². The van der Waals surface area contributed by atoms with Crippen molar-refractivity contribution in [3.8, 4) is 0 Å². The highest BCUT2D eigenvalue weighted by molar-refractivity contribution is 7.88. The second kappa shape index (κ2) is 3.93. The summed E-state index contributed by atoms with van der Waals surface area (Å²) < 4.78 is 20.9. The van der Waals surface area contributed by atoms with Crippen molar-refractivity contribution in [1.29, 1.82) is 0 Å². The molecule has 4 heteroatoms. The van der Waals surface area contributed by atoms with Gasteiger partial charge in [-0.2, -0.15) is 0 Å². The molecule has 0 aliphatic rings. The Morgan fingerprint density at radius 3 is 1.80 bits per heavy atom. The quantitative estimate of drug-likeness (QED) is 0.623. The monoisotopic (exact) mass is 164 g/mol. The smallest absolute Gasteiger partial charge is 0.211 e. The van der Waals surface area contributed by atoms with E-state index in [0.29, 0.717) is 0 Å². The van der Waals surface area contributed by atoms with Gasteiger partial charge in [0.25, 0.3) is 0 Å². The summed E-state index contributed by atoms with van der Waals surface area (Å²) in [7, 11) is -3.50. The summed E-state index contributed by atoms with van der Waals surface area (Å²) in [5.74, 6) is 0.183. The third-order valence-corrected chi connectivity index (χ3v) is 2.52. The van der Waals surface area contributed by atoms with Crippen molar-refractivity contribution in [2.45, 2.75) is 26.7 Å². The highest BCUT2D eigenvalue weighted by atomic mass is 32.2. The molecule has 0 unspecified atom stereocenters. The van der Waals surface area contributed by atoms with Crippen LogP contribution in [-0.2, 0) is 10.0 Å². The molecule has 0 atom stereocenters. The number of nitrogens with one attached hydrogen (secondary N) is 1. The van der Waals surface area contributed by atoms with Crippen LogP contribution in [0, 0.1) is 5.92 Å². The Labute approximate surface area is 62.7 Å². The van der Waals surface area contributed by atoms with E-state index in [0.717, 1.165) is 12.8 Å². The molecule has 0 spiro atoms. The molecule has 3 nitrogen and oxygen atoms in total. The Hall–Kier alpha value is -0.0900. The Balaban J connectivity index is 3.87. The average Bonchev–Trinajstić information content (AvgIpc) is 1.81. The molecule has 0 aromatic heterocycles. The van der Waals surface area contributed by atoms with E-state index in [4.69, 9.17) is 5.14 Å². The molecule has 0 amide bonds. The zero-order chi connectivity index (χ0) is 8.20. The lowest BCUT2D eigenvalue weighted by molar-refractivity contribution is 0.523. The van der Waals surface area contributed by atoms with E-state index in [-0.39, 0.29) is 11.7 Å². The molecule has 0 aliphatic carbocycles. The standard InChI is InChI=1S/C6H14NO2S/c1-3-6(4-2)5-10(7,8)9/h6-7H,3-5H2,1-2H3. The van der Waals surface area contributed by atoms with E-state index in [9.17, 15) is 8.42 Å². The predicted molar refractivity (Wildman–Crippen MR) is 41.0 cm³/mol. The molecule has 1 N–H and O–H groups in total. The summed E-state index contributed by atoms with van der Waals surface area (Å²) in [5, 5.41) is 6.64. The van der Waals surface area contributed by atoms with Crippen LogP contribution in [0.15, 0.2) is 0 Å². The number of hydrogen-bond donors (Lipinski definition) is 0. The van der Waals surface area contributed by atoms with Crippen LogP contribution in [0.4, 0.5) is 0 Å². The van der Waals surface area contributed by atoms with Gasteiger partial charge in [0.1, 0.15) is 0 Å². The first kappa shape index (κ1) is 9.91. The lowest BCUT2D eigenvalue weighted by atomic mass is 10.1. The minimum absolute atomic E-state index is 0.0139. The molecule has 1 radical (unpaired) electrons. The first-order valence-electron chi connectivity index (χ1n) is 3.47. The summed E-state index contributed by atoms with van der Waals surface area (Å²) in [5.41, 5.74) is 0. The Bertz CT molecular complexity index is 170. The van der Waals surface area contributed by atoms with E-state index >= 15 is 0 Å². The maximum Gasteiger partial charge on any atom is 0.225 e. The first-order valence-corrected chi connectivity index (χ1v) is 5.12. The van der Waals surface area contributed by atoms with Crippen LogP contribution in [0.1, 0.15) is 26.7 Å². The molecule has 0 aliphatic heterocycles. The summed E-state index contributed by atoms with van der Waals surface area (Å²) in [6.07, 6.45) is 1.68. The number of sulfonamides is 1. The summed E-state index contributed by atoms with van der Waals surface area (Å²) in [6, 6.07) is 0. The van der Waals surface area contributed by atoms with Crippen molar-refractivity contribution in [3.63, 3.8) is 0 Å². The van der Waals surface area contributed by atoms with Gasteiger partial charge in [0.2, 0.25) is 10.0 Å². The summed E-state index contributed by atoms with van der Waals surface area (Å²) in [4.78, 5) is 0. The van der Waals surface area contributed by atoms with Gasteiger partial charge in [0.05, 0.1) is 5.75 Å². The number of rotatable bonds is 4. The fourth-order valence-corrected chi connectivity index (χ4v) is 1.93. The summed E-state index contributed by atoms with van der Waals surface area (Å²) >= 11 is 0. The average molecular weight is 164 g/mol. The van der Waals surface area contributed by atoms with Crippen LogP contribution in [0.25, 0.3) is 0 Å². The Morgan fingerprint density at radius 2 is 1.70 bits per heavy atom. The molecule has 0 heterocycles. The SMILES string of the molecule is CCC(CC)CS([NH])(=O)=O. The van der Waals surface area contributed by atoms with Crippen LogP contribution >= 0.6 is 0 Å². The fraction of sp³-hybridized carbons (Fsp3) is 1.00. The molecule has 10 heavy (non-hydrogen) atoms. The molecule has 0 saturated heterocycles. The maximum absolute atomic E-state index is 10.4. The molecular formula is C6H14NO2S. The number of hydrogen-bond acceptors (Lipinski definition) is 2. The minimum Gasteiger partial charge on any atom is -0.211 e. The van der Waals surface area contributed by atoms with Gasteiger partial charge in [-0.1, -0.05) is 26.7 Å². The van der Waals surface area contributed by atoms with Crippen molar-refractivity contribution in [2.75, 3.05) is 5.75 Å². The molecule has 0 aromatic carbocycles. The zero-order valence-electron chi connectivity index (χ0n) is 6.42. The second-order valence-corrected chi connectivity index (χ2v) is 4.03. The van der Waals surface area contributed by atoms with Gasteiger partial charge in [-0.25, -0.2) is 8.42 Å². The highest BCUT2D eigenvalue weighted by Crippen LogP contribution is 2.08. The van der Waals surface area contributed by atoms with Crippen molar-refractivity contribution >= 4 is 10.0 Å². The fourth-order valence-electron chi connectivity index (χ4n) is 0.835. The third-order valence-electron chi connectivity index (χ3n) is 1.61. The topological polar surface area (TPSA) is 57.9 Å². The van der Waals surface area contributed by atoms with Crippen molar-refractivity contribution in [3.05, 3.63) is 0 Å². The molecular weight excluding hydrogens is 150 g/mol.